The van der Waals surface area contributed by atoms with Gasteiger partial charge in [0.25, 0.3) is 0 Å². The first-order chi connectivity index (χ1) is 9.97. The third-order valence-corrected chi connectivity index (χ3v) is 4.68. The molecule has 1 unspecified atom stereocenters. The van der Waals surface area contributed by atoms with Gasteiger partial charge in [0.1, 0.15) is 5.82 Å². The molecule has 0 aliphatic heterocycles. The van der Waals surface area contributed by atoms with Gasteiger partial charge >= 0.3 is 0 Å². The fraction of sp³-hybridized carbons (Fsp3) is 0.235. The molecule has 0 aliphatic carbocycles. The lowest BCUT2D eigenvalue weighted by Gasteiger charge is -2.12. The Morgan fingerprint density at radius 3 is 2.57 bits per heavy atom. The van der Waals surface area contributed by atoms with Crippen molar-refractivity contribution < 1.29 is 0 Å². The Balaban J connectivity index is 2.35. The van der Waals surface area contributed by atoms with E-state index < -0.39 is 0 Å². The highest BCUT2D eigenvalue weighted by atomic mass is 79.9. The number of halogens is 2. The second-order valence-electron chi connectivity index (χ2n) is 5.35. The predicted octanol–water partition coefficient (Wildman–Crippen LogP) is 5.70. The third-order valence-electron chi connectivity index (χ3n) is 3.59. The van der Waals surface area contributed by atoms with Crippen LogP contribution in [-0.4, -0.2) is 9.55 Å². The number of alkyl halides is 1. The maximum Gasteiger partial charge on any atom is 0.132 e. The minimum Gasteiger partial charge on any atom is -0.295 e. The van der Waals surface area contributed by atoms with E-state index in [9.17, 15) is 0 Å². The second-order valence-corrected chi connectivity index (χ2v) is 6.86. The molecule has 0 aliphatic rings. The van der Waals surface area contributed by atoms with Crippen molar-refractivity contribution in [2.45, 2.75) is 26.1 Å². The summed E-state index contributed by atoms with van der Waals surface area (Å²) in [5, 5.41) is -0.151. The van der Waals surface area contributed by atoms with Crippen molar-refractivity contribution in [3.8, 4) is 5.69 Å². The molecule has 4 heteroatoms. The van der Waals surface area contributed by atoms with Gasteiger partial charge in [-0.15, -0.1) is 11.6 Å². The van der Waals surface area contributed by atoms with Crippen molar-refractivity contribution in [3.63, 3.8) is 0 Å². The molecule has 1 heterocycles. The zero-order valence-electron chi connectivity index (χ0n) is 12.2. The van der Waals surface area contributed by atoms with E-state index >= 15 is 0 Å². The molecule has 1 aromatic heterocycles. The summed E-state index contributed by atoms with van der Waals surface area (Å²) in [6.45, 7) is 6.13. The first kappa shape index (κ1) is 14.6. The lowest BCUT2D eigenvalue weighted by atomic mass is 10.2. The van der Waals surface area contributed by atoms with Crippen LogP contribution in [0.15, 0.2) is 40.9 Å². The summed E-state index contributed by atoms with van der Waals surface area (Å²) in [7, 11) is 0. The Kier molecular flexibility index (Phi) is 3.80. The molecular weight excluding hydrogens is 348 g/mol. The largest absolute Gasteiger partial charge is 0.295 e. The van der Waals surface area contributed by atoms with Gasteiger partial charge in [0.05, 0.1) is 16.4 Å². The zero-order chi connectivity index (χ0) is 15.1. The van der Waals surface area contributed by atoms with E-state index in [1.165, 1.54) is 11.1 Å². The number of aromatic nitrogens is 2. The van der Waals surface area contributed by atoms with Gasteiger partial charge in [0.15, 0.2) is 0 Å². The number of imidazole rings is 1. The molecule has 1 atom stereocenters. The Hall–Kier alpha value is -1.32. The van der Waals surface area contributed by atoms with E-state index in [2.05, 4.69) is 70.7 Å². The smallest absolute Gasteiger partial charge is 0.132 e. The molecule has 0 radical (unpaired) electrons. The zero-order valence-corrected chi connectivity index (χ0v) is 14.5. The fourth-order valence-electron chi connectivity index (χ4n) is 2.51. The van der Waals surface area contributed by atoms with Crippen molar-refractivity contribution in [2.75, 3.05) is 0 Å². The number of benzene rings is 2. The number of nitrogens with zero attached hydrogens (tertiary/aromatic N) is 2. The third kappa shape index (κ3) is 2.60. The molecule has 0 amide bonds. The second kappa shape index (κ2) is 5.47. The van der Waals surface area contributed by atoms with Gasteiger partial charge in [-0.3, -0.25) is 4.57 Å². The van der Waals surface area contributed by atoms with E-state index in [0.717, 1.165) is 27.0 Å². The van der Waals surface area contributed by atoms with Gasteiger partial charge in [-0.05, 0) is 62.2 Å². The maximum atomic E-state index is 6.35. The van der Waals surface area contributed by atoms with Crippen LogP contribution in [0, 0.1) is 13.8 Å². The van der Waals surface area contributed by atoms with Crippen LogP contribution < -0.4 is 0 Å². The molecule has 0 fully saturated rings. The van der Waals surface area contributed by atoms with Crippen molar-refractivity contribution in [3.05, 3.63) is 57.8 Å². The summed E-state index contributed by atoms with van der Waals surface area (Å²) in [4.78, 5) is 4.70. The lowest BCUT2D eigenvalue weighted by molar-refractivity contribution is 0.881. The normalized spacial score (nSPS) is 12.8. The standard InChI is InChI=1S/C17H16BrClN2/c1-10-4-7-15-16(8-10)21(17(20-15)12(3)19)13-5-6-14(18)11(2)9-13/h4-9,12H,1-3H3. The average molecular weight is 364 g/mol. The van der Waals surface area contributed by atoms with Crippen LogP contribution in [0.5, 0.6) is 0 Å². The number of fused-ring (bicyclic) bond motifs is 1. The summed E-state index contributed by atoms with van der Waals surface area (Å²) in [5.74, 6) is 0.874. The Morgan fingerprint density at radius 1 is 1.14 bits per heavy atom. The van der Waals surface area contributed by atoms with Crippen molar-refractivity contribution in [2.24, 2.45) is 0 Å². The molecule has 108 valence electrons. The molecule has 0 saturated carbocycles. The van der Waals surface area contributed by atoms with Gasteiger partial charge in [-0.1, -0.05) is 22.0 Å². The topological polar surface area (TPSA) is 17.8 Å². The molecule has 2 nitrogen and oxygen atoms in total. The first-order valence-electron chi connectivity index (χ1n) is 6.87. The molecular formula is C17H16BrClN2. The SMILES string of the molecule is Cc1ccc2nc(C(C)Cl)n(-c3ccc(Br)c(C)c3)c2c1. The molecule has 21 heavy (non-hydrogen) atoms. The summed E-state index contributed by atoms with van der Waals surface area (Å²) in [5.41, 5.74) is 5.57. The van der Waals surface area contributed by atoms with E-state index in [1.54, 1.807) is 0 Å². The van der Waals surface area contributed by atoms with Crippen LogP contribution >= 0.6 is 27.5 Å². The number of rotatable bonds is 2. The summed E-state index contributed by atoms with van der Waals surface area (Å²) < 4.78 is 3.26. The average Bonchev–Trinajstić information content (AvgIpc) is 2.80. The Bertz CT molecular complexity index is 821. The van der Waals surface area contributed by atoms with Crippen LogP contribution in [0.2, 0.25) is 0 Å². The monoisotopic (exact) mass is 362 g/mol. The van der Waals surface area contributed by atoms with Gasteiger partial charge < -0.3 is 0 Å². The van der Waals surface area contributed by atoms with Crippen LogP contribution in [-0.2, 0) is 0 Å². The molecule has 0 saturated heterocycles. The summed E-state index contributed by atoms with van der Waals surface area (Å²) in [6.07, 6.45) is 0. The van der Waals surface area contributed by atoms with Gasteiger partial charge in [-0.25, -0.2) is 4.98 Å². The minimum atomic E-state index is -0.151. The van der Waals surface area contributed by atoms with E-state index in [0.29, 0.717) is 0 Å². The predicted molar refractivity (Wildman–Crippen MR) is 92.5 cm³/mol. The quantitative estimate of drug-likeness (QED) is 0.534. The molecule has 2 aromatic carbocycles. The number of hydrogen-bond acceptors (Lipinski definition) is 1. The fourth-order valence-corrected chi connectivity index (χ4v) is 2.90. The van der Waals surface area contributed by atoms with Gasteiger partial charge in [0, 0.05) is 10.2 Å². The Labute approximate surface area is 137 Å². The number of hydrogen-bond donors (Lipinski definition) is 0. The number of aryl methyl sites for hydroxylation is 2. The van der Waals surface area contributed by atoms with Gasteiger partial charge in [0.2, 0.25) is 0 Å². The lowest BCUT2D eigenvalue weighted by Crippen LogP contribution is -2.02. The highest BCUT2D eigenvalue weighted by Crippen LogP contribution is 2.30. The first-order valence-corrected chi connectivity index (χ1v) is 8.10. The molecule has 0 N–H and O–H groups in total. The van der Waals surface area contributed by atoms with Crippen LogP contribution in [0.3, 0.4) is 0 Å². The van der Waals surface area contributed by atoms with Crippen LogP contribution in [0.25, 0.3) is 16.7 Å². The van der Waals surface area contributed by atoms with E-state index in [4.69, 9.17) is 16.6 Å². The maximum absolute atomic E-state index is 6.35. The molecule has 3 rings (SSSR count). The highest BCUT2D eigenvalue weighted by Gasteiger charge is 2.16. The summed E-state index contributed by atoms with van der Waals surface area (Å²) in [6, 6.07) is 12.6. The Morgan fingerprint density at radius 2 is 1.90 bits per heavy atom. The highest BCUT2D eigenvalue weighted by molar-refractivity contribution is 9.10. The van der Waals surface area contributed by atoms with E-state index in [-0.39, 0.29) is 5.38 Å². The van der Waals surface area contributed by atoms with E-state index in [1.807, 2.05) is 6.92 Å². The molecule has 0 bridgehead atoms. The van der Waals surface area contributed by atoms with Crippen molar-refractivity contribution in [1.82, 2.24) is 9.55 Å². The minimum absolute atomic E-state index is 0.151. The molecule has 3 aromatic rings. The van der Waals surface area contributed by atoms with Crippen molar-refractivity contribution in [1.29, 1.82) is 0 Å². The van der Waals surface area contributed by atoms with Crippen LogP contribution in [0.1, 0.15) is 29.3 Å². The molecule has 0 spiro atoms. The van der Waals surface area contributed by atoms with Crippen LogP contribution in [0.4, 0.5) is 0 Å². The van der Waals surface area contributed by atoms with Crippen molar-refractivity contribution >= 4 is 38.6 Å². The summed E-state index contributed by atoms with van der Waals surface area (Å²) >= 11 is 9.90. The van der Waals surface area contributed by atoms with Gasteiger partial charge in [-0.2, -0.15) is 0 Å².